The van der Waals surface area contributed by atoms with Crippen molar-refractivity contribution >= 4 is 17.3 Å². The molecule has 0 fully saturated rings. The smallest absolute Gasteiger partial charge is 0.416 e. The highest BCUT2D eigenvalue weighted by Crippen LogP contribution is 2.36. The number of alkyl halides is 3. The van der Waals surface area contributed by atoms with Crippen LogP contribution in [0.5, 0.6) is 5.75 Å². The second-order valence-electron chi connectivity index (χ2n) is 4.62. The monoisotopic (exact) mass is 325 g/mol. The zero-order valence-corrected chi connectivity index (χ0v) is 12.1. The summed E-state index contributed by atoms with van der Waals surface area (Å²) in [6.45, 7) is 1.97. The van der Waals surface area contributed by atoms with Crippen LogP contribution < -0.4 is 10.1 Å². The van der Waals surface area contributed by atoms with Crippen molar-refractivity contribution in [3.05, 3.63) is 53.6 Å². The van der Waals surface area contributed by atoms with Gasteiger partial charge in [0, 0.05) is 0 Å². The molecule has 2 N–H and O–H groups in total. The number of rotatable bonds is 5. The number of carbonyl (C=O) groups is 1. The Hall–Kier alpha value is -2.70. The van der Waals surface area contributed by atoms with Gasteiger partial charge in [0.2, 0.25) is 0 Å². The Balaban J connectivity index is 2.47. The van der Waals surface area contributed by atoms with E-state index in [1.807, 2.05) is 0 Å². The van der Waals surface area contributed by atoms with Gasteiger partial charge in [0.05, 0.1) is 29.1 Å². The van der Waals surface area contributed by atoms with Gasteiger partial charge < -0.3 is 15.2 Å². The zero-order valence-electron chi connectivity index (χ0n) is 12.1. The minimum absolute atomic E-state index is 0.0487. The number of para-hydroxylation sites is 1. The SMILES string of the molecule is CCOc1ccc(C(F)(F)F)cc1Nc1ccccc1C(=O)O. The molecule has 0 amide bonds. The highest BCUT2D eigenvalue weighted by atomic mass is 19.4. The molecule has 23 heavy (non-hydrogen) atoms. The third-order valence-electron chi connectivity index (χ3n) is 3.03. The normalized spacial score (nSPS) is 11.1. The number of ether oxygens (including phenoxy) is 1. The predicted molar refractivity (Wildman–Crippen MR) is 79.3 cm³/mol. The largest absolute Gasteiger partial charge is 0.492 e. The molecule has 4 nitrogen and oxygen atoms in total. The van der Waals surface area contributed by atoms with E-state index in [-0.39, 0.29) is 29.3 Å². The van der Waals surface area contributed by atoms with Crippen LogP contribution in [0.2, 0.25) is 0 Å². The third-order valence-corrected chi connectivity index (χ3v) is 3.03. The van der Waals surface area contributed by atoms with Crippen LogP contribution in [0.3, 0.4) is 0 Å². The van der Waals surface area contributed by atoms with Crippen LogP contribution in [0.15, 0.2) is 42.5 Å². The summed E-state index contributed by atoms with van der Waals surface area (Å²) in [6, 6.07) is 8.96. The van der Waals surface area contributed by atoms with Gasteiger partial charge in [-0.05, 0) is 37.3 Å². The molecule has 0 saturated carbocycles. The Morgan fingerprint density at radius 1 is 1.17 bits per heavy atom. The van der Waals surface area contributed by atoms with Crippen LogP contribution in [-0.2, 0) is 6.18 Å². The summed E-state index contributed by atoms with van der Waals surface area (Å²) in [7, 11) is 0. The first kappa shape index (κ1) is 16.7. The molecule has 0 atom stereocenters. The molecule has 7 heteroatoms. The van der Waals surface area contributed by atoms with E-state index in [0.29, 0.717) is 0 Å². The van der Waals surface area contributed by atoms with Gasteiger partial charge in [-0.15, -0.1) is 0 Å². The molecule has 0 spiro atoms. The highest BCUT2D eigenvalue weighted by Gasteiger charge is 2.31. The van der Waals surface area contributed by atoms with E-state index in [2.05, 4.69) is 5.32 Å². The maximum absolute atomic E-state index is 12.9. The van der Waals surface area contributed by atoms with Crippen molar-refractivity contribution in [2.24, 2.45) is 0 Å². The quantitative estimate of drug-likeness (QED) is 0.847. The molecule has 0 heterocycles. The summed E-state index contributed by atoms with van der Waals surface area (Å²) in [4.78, 5) is 11.2. The van der Waals surface area contributed by atoms with Crippen LogP contribution in [0.1, 0.15) is 22.8 Å². The molecule has 0 unspecified atom stereocenters. The van der Waals surface area contributed by atoms with Gasteiger partial charge in [-0.1, -0.05) is 12.1 Å². The number of carboxylic acid groups (broad SMARTS) is 1. The first-order chi connectivity index (χ1) is 10.8. The van der Waals surface area contributed by atoms with Crippen molar-refractivity contribution in [3.63, 3.8) is 0 Å². The van der Waals surface area contributed by atoms with Crippen molar-refractivity contribution in [2.75, 3.05) is 11.9 Å². The summed E-state index contributed by atoms with van der Waals surface area (Å²) in [5, 5.41) is 11.9. The molecule has 0 aliphatic carbocycles. The number of halogens is 3. The van der Waals surface area contributed by atoms with Crippen LogP contribution in [0, 0.1) is 0 Å². The molecule has 0 radical (unpaired) electrons. The highest BCUT2D eigenvalue weighted by molar-refractivity contribution is 5.95. The Morgan fingerprint density at radius 2 is 1.87 bits per heavy atom. The molecule has 0 aliphatic rings. The average Bonchev–Trinajstić information content (AvgIpc) is 2.48. The fraction of sp³-hybridized carbons (Fsp3) is 0.188. The van der Waals surface area contributed by atoms with Crippen molar-refractivity contribution in [1.82, 2.24) is 0 Å². The zero-order chi connectivity index (χ0) is 17.0. The van der Waals surface area contributed by atoms with E-state index in [1.54, 1.807) is 13.0 Å². The Kier molecular flexibility index (Phi) is 4.78. The van der Waals surface area contributed by atoms with E-state index in [0.717, 1.165) is 12.1 Å². The summed E-state index contributed by atoms with van der Waals surface area (Å²) < 4.78 is 43.9. The number of benzene rings is 2. The number of aromatic carboxylic acids is 1. The van der Waals surface area contributed by atoms with Crippen molar-refractivity contribution < 1.29 is 27.8 Å². The number of hydrogen-bond donors (Lipinski definition) is 2. The Morgan fingerprint density at radius 3 is 2.48 bits per heavy atom. The molecule has 0 aromatic heterocycles. The van der Waals surface area contributed by atoms with Crippen LogP contribution in [0.4, 0.5) is 24.5 Å². The Bertz CT molecular complexity index is 714. The average molecular weight is 325 g/mol. The van der Waals surface area contributed by atoms with Crippen molar-refractivity contribution in [2.45, 2.75) is 13.1 Å². The van der Waals surface area contributed by atoms with Gasteiger partial charge in [0.15, 0.2) is 0 Å². The lowest BCUT2D eigenvalue weighted by atomic mass is 10.1. The lowest BCUT2D eigenvalue weighted by molar-refractivity contribution is -0.137. The van der Waals surface area contributed by atoms with Crippen LogP contribution >= 0.6 is 0 Å². The molecule has 0 aliphatic heterocycles. The summed E-state index contributed by atoms with van der Waals surface area (Å²) >= 11 is 0. The van der Waals surface area contributed by atoms with Crippen molar-refractivity contribution in [3.8, 4) is 5.75 Å². The van der Waals surface area contributed by atoms with E-state index in [9.17, 15) is 18.0 Å². The standard InChI is InChI=1S/C16H14F3NO3/c1-2-23-14-8-7-10(16(17,18)19)9-13(14)20-12-6-4-3-5-11(12)15(21)22/h3-9,20H,2H2,1H3,(H,21,22). The topological polar surface area (TPSA) is 58.6 Å². The molecular formula is C16H14F3NO3. The van der Waals surface area contributed by atoms with E-state index in [4.69, 9.17) is 9.84 Å². The maximum atomic E-state index is 12.9. The summed E-state index contributed by atoms with van der Waals surface area (Å²) in [6.07, 6.45) is -4.51. The van der Waals surface area contributed by atoms with Gasteiger partial charge in [0.1, 0.15) is 5.75 Å². The lowest BCUT2D eigenvalue weighted by Crippen LogP contribution is -2.08. The van der Waals surface area contributed by atoms with Crippen molar-refractivity contribution in [1.29, 1.82) is 0 Å². The number of nitrogens with one attached hydrogen (secondary N) is 1. The molecule has 2 aromatic rings. The van der Waals surface area contributed by atoms with E-state index < -0.39 is 17.7 Å². The molecule has 0 saturated heterocycles. The van der Waals surface area contributed by atoms with E-state index in [1.165, 1.54) is 24.3 Å². The summed E-state index contributed by atoms with van der Waals surface area (Å²) in [5.74, 6) is -0.973. The second kappa shape index (κ2) is 6.60. The fourth-order valence-corrected chi connectivity index (χ4v) is 2.01. The maximum Gasteiger partial charge on any atom is 0.416 e. The van der Waals surface area contributed by atoms with Gasteiger partial charge >= 0.3 is 12.1 Å². The molecule has 2 rings (SSSR count). The Labute approximate surface area is 130 Å². The number of anilines is 2. The number of carboxylic acids is 1. The summed E-state index contributed by atoms with van der Waals surface area (Å²) in [5.41, 5.74) is -0.667. The molecule has 122 valence electrons. The van der Waals surface area contributed by atoms with Gasteiger partial charge in [-0.25, -0.2) is 4.79 Å². The minimum atomic E-state index is -4.51. The van der Waals surface area contributed by atoms with Crippen LogP contribution in [0.25, 0.3) is 0 Å². The predicted octanol–water partition coefficient (Wildman–Crippen LogP) is 4.55. The molecule has 2 aromatic carbocycles. The van der Waals surface area contributed by atoms with Gasteiger partial charge in [0.25, 0.3) is 0 Å². The van der Waals surface area contributed by atoms with Crippen LogP contribution in [-0.4, -0.2) is 17.7 Å². The second-order valence-corrected chi connectivity index (χ2v) is 4.62. The third kappa shape index (κ3) is 3.94. The first-order valence-electron chi connectivity index (χ1n) is 6.76. The molecule has 0 bridgehead atoms. The van der Waals surface area contributed by atoms with E-state index >= 15 is 0 Å². The first-order valence-corrected chi connectivity index (χ1v) is 6.76. The number of hydrogen-bond acceptors (Lipinski definition) is 3. The lowest BCUT2D eigenvalue weighted by Gasteiger charge is -2.16. The van der Waals surface area contributed by atoms with Gasteiger partial charge in [-0.2, -0.15) is 13.2 Å². The fourth-order valence-electron chi connectivity index (χ4n) is 2.01. The molecular weight excluding hydrogens is 311 g/mol. The minimum Gasteiger partial charge on any atom is -0.492 e. The van der Waals surface area contributed by atoms with Gasteiger partial charge in [-0.3, -0.25) is 0 Å².